The van der Waals surface area contributed by atoms with Crippen molar-refractivity contribution in [3.63, 3.8) is 0 Å². The number of hydrogen-bond donors (Lipinski definition) is 0. The second kappa shape index (κ2) is 3.87. The first-order valence-electron chi connectivity index (χ1n) is 3.33. The number of halogens is 1. The highest BCUT2D eigenvalue weighted by Gasteiger charge is 2.14. The molecular formula is C8H5ClN2O2. The van der Waals surface area contributed by atoms with Gasteiger partial charge < -0.3 is 4.74 Å². The molecule has 0 amide bonds. The van der Waals surface area contributed by atoms with Crippen molar-refractivity contribution in [3.8, 4) is 11.8 Å². The number of carbonyl (C=O) groups excluding carboxylic acids is 1. The Morgan fingerprint density at radius 2 is 2.46 bits per heavy atom. The van der Waals surface area contributed by atoms with Gasteiger partial charge in [-0.25, -0.2) is 4.98 Å². The molecule has 0 aliphatic rings. The van der Waals surface area contributed by atoms with Gasteiger partial charge in [-0.3, -0.25) is 4.79 Å². The highest BCUT2D eigenvalue weighted by Crippen LogP contribution is 2.22. The molecule has 0 aromatic carbocycles. The van der Waals surface area contributed by atoms with Crippen LogP contribution in [0.25, 0.3) is 0 Å². The summed E-state index contributed by atoms with van der Waals surface area (Å²) in [7, 11) is 1.35. The minimum absolute atomic E-state index is 0.0500. The first kappa shape index (κ1) is 9.49. The molecule has 0 fully saturated rings. The summed E-state index contributed by atoms with van der Waals surface area (Å²) < 4.78 is 4.84. The third-order valence-electron chi connectivity index (χ3n) is 1.43. The second-order valence-electron chi connectivity index (χ2n) is 2.13. The molecule has 0 aliphatic heterocycles. The Morgan fingerprint density at radius 3 is 2.92 bits per heavy atom. The van der Waals surface area contributed by atoms with Crippen LogP contribution in [0.2, 0.25) is 0 Å². The van der Waals surface area contributed by atoms with Gasteiger partial charge in [-0.15, -0.1) is 0 Å². The number of nitriles is 1. The van der Waals surface area contributed by atoms with Crippen LogP contribution in [0.15, 0.2) is 12.3 Å². The third-order valence-corrected chi connectivity index (χ3v) is 1.63. The zero-order valence-corrected chi connectivity index (χ0v) is 7.50. The SMILES string of the molecule is COc1c(C(=O)Cl)ccnc1C#N. The lowest BCUT2D eigenvalue weighted by molar-refractivity contribution is 0.107. The standard InChI is InChI=1S/C8H5ClN2O2/c1-13-7-5(8(9)12)2-3-11-6(7)4-10/h2-3H,1H3. The van der Waals surface area contributed by atoms with E-state index in [0.29, 0.717) is 0 Å². The van der Waals surface area contributed by atoms with Gasteiger partial charge in [0.05, 0.1) is 12.7 Å². The lowest BCUT2D eigenvalue weighted by Crippen LogP contribution is -1.99. The maximum atomic E-state index is 10.8. The van der Waals surface area contributed by atoms with Gasteiger partial charge in [-0.1, -0.05) is 0 Å². The van der Waals surface area contributed by atoms with Gasteiger partial charge in [-0.05, 0) is 17.7 Å². The summed E-state index contributed by atoms with van der Waals surface area (Å²) in [5.74, 6) is 0.116. The maximum absolute atomic E-state index is 10.8. The monoisotopic (exact) mass is 196 g/mol. The van der Waals surface area contributed by atoms with Crippen LogP contribution in [0.5, 0.6) is 5.75 Å². The Balaban J connectivity index is 3.38. The number of carbonyl (C=O) groups is 1. The average molecular weight is 197 g/mol. The number of rotatable bonds is 2. The Morgan fingerprint density at radius 1 is 1.77 bits per heavy atom. The van der Waals surface area contributed by atoms with Gasteiger partial charge in [0.2, 0.25) is 0 Å². The van der Waals surface area contributed by atoms with Crippen LogP contribution in [0.4, 0.5) is 0 Å². The number of hydrogen-bond acceptors (Lipinski definition) is 4. The molecule has 4 nitrogen and oxygen atoms in total. The van der Waals surface area contributed by atoms with E-state index in [9.17, 15) is 4.79 Å². The molecule has 0 aliphatic carbocycles. The minimum atomic E-state index is -0.671. The molecule has 1 heterocycles. The molecule has 1 aromatic rings. The van der Waals surface area contributed by atoms with Crippen molar-refractivity contribution in [3.05, 3.63) is 23.5 Å². The molecule has 0 saturated heterocycles. The van der Waals surface area contributed by atoms with Crippen LogP contribution < -0.4 is 4.74 Å². The molecule has 66 valence electrons. The molecular weight excluding hydrogens is 192 g/mol. The summed E-state index contributed by atoms with van der Waals surface area (Å²) in [6.07, 6.45) is 1.33. The fourth-order valence-corrected chi connectivity index (χ4v) is 1.04. The van der Waals surface area contributed by atoms with E-state index in [2.05, 4.69) is 4.98 Å². The van der Waals surface area contributed by atoms with E-state index in [-0.39, 0.29) is 17.0 Å². The quantitative estimate of drug-likeness (QED) is 0.670. The summed E-state index contributed by atoms with van der Waals surface area (Å²) >= 11 is 5.26. The highest BCUT2D eigenvalue weighted by atomic mass is 35.5. The molecule has 13 heavy (non-hydrogen) atoms. The van der Waals surface area contributed by atoms with E-state index >= 15 is 0 Å². The molecule has 0 spiro atoms. The summed E-state index contributed by atoms with van der Waals surface area (Å²) in [5, 5.41) is 7.94. The Hall–Kier alpha value is -1.60. The third kappa shape index (κ3) is 1.76. The van der Waals surface area contributed by atoms with E-state index in [1.165, 1.54) is 19.4 Å². The van der Waals surface area contributed by atoms with Gasteiger partial charge in [0.15, 0.2) is 11.4 Å². The van der Waals surface area contributed by atoms with Gasteiger partial charge in [0.25, 0.3) is 5.24 Å². The van der Waals surface area contributed by atoms with Gasteiger partial charge >= 0.3 is 0 Å². The van der Waals surface area contributed by atoms with Crippen molar-refractivity contribution in [2.75, 3.05) is 7.11 Å². The first-order valence-corrected chi connectivity index (χ1v) is 3.71. The van der Waals surface area contributed by atoms with Crippen LogP contribution in [0.3, 0.4) is 0 Å². The predicted octanol–water partition coefficient (Wildman–Crippen LogP) is 1.34. The lowest BCUT2D eigenvalue weighted by Gasteiger charge is -2.04. The summed E-state index contributed by atoms with van der Waals surface area (Å²) in [4.78, 5) is 14.6. The molecule has 0 saturated carbocycles. The van der Waals surface area contributed by atoms with Crippen LogP contribution in [0, 0.1) is 11.3 Å². The van der Waals surface area contributed by atoms with E-state index in [1.807, 2.05) is 0 Å². The summed E-state index contributed by atoms with van der Waals surface area (Å²) in [5.41, 5.74) is 0.199. The van der Waals surface area contributed by atoms with Crippen LogP contribution in [-0.2, 0) is 0 Å². The van der Waals surface area contributed by atoms with Crippen molar-refractivity contribution < 1.29 is 9.53 Å². The molecule has 0 N–H and O–H groups in total. The molecule has 0 unspecified atom stereocenters. The van der Waals surface area contributed by atoms with Crippen molar-refractivity contribution >= 4 is 16.8 Å². The molecule has 0 bridgehead atoms. The normalized spacial score (nSPS) is 9.00. The van der Waals surface area contributed by atoms with Crippen LogP contribution >= 0.6 is 11.6 Å². The molecule has 0 atom stereocenters. The second-order valence-corrected chi connectivity index (χ2v) is 2.47. The van der Waals surface area contributed by atoms with E-state index in [1.54, 1.807) is 6.07 Å². The van der Waals surface area contributed by atoms with Gasteiger partial charge in [-0.2, -0.15) is 5.26 Å². The van der Waals surface area contributed by atoms with Crippen LogP contribution in [-0.4, -0.2) is 17.3 Å². The molecule has 1 rings (SSSR count). The fraction of sp³-hybridized carbons (Fsp3) is 0.125. The Labute approximate surface area is 79.7 Å². The van der Waals surface area contributed by atoms with E-state index in [4.69, 9.17) is 21.6 Å². The zero-order chi connectivity index (χ0) is 9.84. The smallest absolute Gasteiger partial charge is 0.256 e. The maximum Gasteiger partial charge on any atom is 0.256 e. The van der Waals surface area contributed by atoms with Crippen molar-refractivity contribution in [2.45, 2.75) is 0 Å². The lowest BCUT2D eigenvalue weighted by atomic mass is 10.2. The average Bonchev–Trinajstić information content (AvgIpc) is 2.16. The van der Waals surface area contributed by atoms with Crippen LogP contribution in [0.1, 0.15) is 16.1 Å². The number of pyridine rings is 1. The number of nitrogens with zero attached hydrogens (tertiary/aromatic N) is 2. The largest absolute Gasteiger partial charge is 0.493 e. The number of methoxy groups -OCH3 is 1. The predicted molar refractivity (Wildman–Crippen MR) is 45.7 cm³/mol. The Bertz CT molecular complexity index is 384. The zero-order valence-electron chi connectivity index (χ0n) is 6.74. The fourth-order valence-electron chi connectivity index (χ4n) is 0.889. The Kier molecular flexibility index (Phi) is 2.83. The van der Waals surface area contributed by atoms with E-state index in [0.717, 1.165) is 0 Å². The first-order chi connectivity index (χ1) is 6.20. The molecule has 5 heteroatoms. The van der Waals surface area contributed by atoms with Crippen molar-refractivity contribution in [1.82, 2.24) is 4.98 Å². The molecule has 1 aromatic heterocycles. The highest BCUT2D eigenvalue weighted by molar-refractivity contribution is 6.68. The summed E-state index contributed by atoms with van der Waals surface area (Å²) in [6, 6.07) is 3.19. The van der Waals surface area contributed by atoms with Crippen molar-refractivity contribution in [1.29, 1.82) is 5.26 Å². The number of ether oxygens (including phenoxy) is 1. The van der Waals surface area contributed by atoms with Gasteiger partial charge in [0, 0.05) is 6.20 Å². The summed E-state index contributed by atoms with van der Waals surface area (Å²) in [6.45, 7) is 0. The molecule has 0 radical (unpaired) electrons. The van der Waals surface area contributed by atoms with E-state index < -0.39 is 5.24 Å². The minimum Gasteiger partial charge on any atom is -0.493 e. The van der Waals surface area contributed by atoms with Gasteiger partial charge in [0.1, 0.15) is 6.07 Å². The number of aromatic nitrogens is 1. The topological polar surface area (TPSA) is 63.0 Å². The van der Waals surface area contributed by atoms with Crippen molar-refractivity contribution in [2.24, 2.45) is 0 Å².